The molecule has 0 aliphatic rings. The van der Waals surface area contributed by atoms with Gasteiger partial charge in [0.15, 0.2) is 0 Å². The number of ether oxygens (including phenoxy) is 1. The van der Waals surface area contributed by atoms with Gasteiger partial charge in [-0.05, 0) is 18.2 Å². The number of nitrogens with zero attached hydrogens (tertiary/aromatic N) is 3. The summed E-state index contributed by atoms with van der Waals surface area (Å²) in [4.78, 5) is 4.27. The molecule has 2 aromatic rings. The molecule has 2 aromatic heterocycles. The summed E-state index contributed by atoms with van der Waals surface area (Å²) in [5, 5.41) is 4.09. The molecule has 0 fully saturated rings. The van der Waals surface area contributed by atoms with Crippen LogP contribution < -0.4 is 4.74 Å². The molecule has 14 heavy (non-hydrogen) atoms. The van der Waals surface area contributed by atoms with Crippen molar-refractivity contribution in [3.63, 3.8) is 0 Å². The molecule has 0 radical (unpaired) electrons. The minimum Gasteiger partial charge on any atom is -0.494 e. The highest BCUT2D eigenvalue weighted by atomic mass is 16.5. The van der Waals surface area contributed by atoms with Crippen LogP contribution in [0.4, 0.5) is 0 Å². The van der Waals surface area contributed by atoms with E-state index in [1.165, 1.54) is 0 Å². The van der Waals surface area contributed by atoms with Gasteiger partial charge in [0, 0.05) is 19.4 Å². The first-order valence-electron chi connectivity index (χ1n) is 4.30. The molecule has 0 saturated heterocycles. The zero-order valence-corrected chi connectivity index (χ0v) is 8.14. The number of methoxy groups -OCH3 is 1. The lowest BCUT2D eigenvalue weighted by Crippen LogP contribution is -1.97. The van der Waals surface area contributed by atoms with Crippen LogP contribution in [0.15, 0.2) is 30.6 Å². The molecule has 2 rings (SSSR count). The molecular formula is C10H11N3O. The minimum atomic E-state index is 0.760. The van der Waals surface area contributed by atoms with Gasteiger partial charge in [0.2, 0.25) is 0 Å². The van der Waals surface area contributed by atoms with Gasteiger partial charge in [0.25, 0.3) is 0 Å². The average Bonchev–Trinajstić information content (AvgIpc) is 2.64. The van der Waals surface area contributed by atoms with E-state index < -0.39 is 0 Å². The quantitative estimate of drug-likeness (QED) is 0.718. The van der Waals surface area contributed by atoms with E-state index in [9.17, 15) is 0 Å². The van der Waals surface area contributed by atoms with E-state index in [0.717, 1.165) is 17.1 Å². The summed E-state index contributed by atoms with van der Waals surface area (Å²) in [7, 11) is 3.51. The Morgan fingerprint density at radius 2 is 2.14 bits per heavy atom. The molecule has 4 heteroatoms. The van der Waals surface area contributed by atoms with Gasteiger partial charge in [-0.1, -0.05) is 0 Å². The third kappa shape index (κ3) is 1.35. The monoisotopic (exact) mass is 189 g/mol. The fourth-order valence-electron chi connectivity index (χ4n) is 1.35. The van der Waals surface area contributed by atoms with Crippen molar-refractivity contribution >= 4 is 0 Å². The number of hydrogen-bond donors (Lipinski definition) is 0. The molecule has 0 aliphatic carbocycles. The van der Waals surface area contributed by atoms with E-state index in [1.807, 2.05) is 25.2 Å². The summed E-state index contributed by atoms with van der Waals surface area (Å²) >= 11 is 0. The van der Waals surface area contributed by atoms with Crippen molar-refractivity contribution in [2.45, 2.75) is 0 Å². The van der Waals surface area contributed by atoms with E-state index in [1.54, 1.807) is 24.2 Å². The highest BCUT2D eigenvalue weighted by Gasteiger charge is 2.09. The lowest BCUT2D eigenvalue weighted by Gasteiger charge is -2.06. The predicted molar refractivity (Wildman–Crippen MR) is 53.0 cm³/mol. The maximum Gasteiger partial charge on any atom is 0.146 e. The molecule has 0 N–H and O–H groups in total. The van der Waals surface area contributed by atoms with Crippen molar-refractivity contribution in [2.75, 3.05) is 7.11 Å². The van der Waals surface area contributed by atoms with Gasteiger partial charge in [-0.25, -0.2) is 0 Å². The second kappa shape index (κ2) is 3.49. The molecule has 0 amide bonds. The molecule has 0 bridgehead atoms. The number of pyridine rings is 1. The van der Waals surface area contributed by atoms with E-state index in [0.29, 0.717) is 0 Å². The van der Waals surface area contributed by atoms with Crippen molar-refractivity contribution < 1.29 is 4.74 Å². The van der Waals surface area contributed by atoms with Crippen LogP contribution in [0.25, 0.3) is 11.4 Å². The zero-order valence-electron chi connectivity index (χ0n) is 8.14. The first-order valence-corrected chi connectivity index (χ1v) is 4.30. The van der Waals surface area contributed by atoms with Crippen LogP contribution in [0.2, 0.25) is 0 Å². The molecule has 0 saturated carbocycles. The summed E-state index contributed by atoms with van der Waals surface area (Å²) in [6.45, 7) is 0. The van der Waals surface area contributed by atoms with Crippen molar-refractivity contribution in [3.05, 3.63) is 30.6 Å². The normalized spacial score (nSPS) is 10.1. The maximum absolute atomic E-state index is 5.22. The molecule has 0 aromatic carbocycles. The fraction of sp³-hybridized carbons (Fsp3) is 0.200. The Morgan fingerprint density at radius 1 is 1.29 bits per heavy atom. The van der Waals surface area contributed by atoms with Gasteiger partial charge in [0.05, 0.1) is 12.8 Å². The molecular weight excluding hydrogens is 178 g/mol. The van der Waals surface area contributed by atoms with Crippen LogP contribution in [-0.2, 0) is 7.05 Å². The van der Waals surface area contributed by atoms with E-state index in [2.05, 4.69) is 10.1 Å². The highest BCUT2D eigenvalue weighted by molar-refractivity contribution is 5.62. The first-order chi connectivity index (χ1) is 6.83. The molecule has 0 aliphatic heterocycles. The summed E-state index contributed by atoms with van der Waals surface area (Å²) in [6.07, 6.45) is 3.48. The second-order valence-electron chi connectivity index (χ2n) is 2.89. The summed E-state index contributed by atoms with van der Waals surface area (Å²) in [5.41, 5.74) is 1.76. The van der Waals surface area contributed by atoms with Crippen molar-refractivity contribution in [3.8, 4) is 17.1 Å². The van der Waals surface area contributed by atoms with Crippen LogP contribution >= 0.6 is 0 Å². The summed E-state index contributed by atoms with van der Waals surface area (Å²) in [5.74, 6) is 0.760. The maximum atomic E-state index is 5.22. The average molecular weight is 189 g/mol. The number of aromatic nitrogens is 3. The molecule has 72 valence electrons. The van der Waals surface area contributed by atoms with E-state index in [-0.39, 0.29) is 0 Å². The number of hydrogen-bond acceptors (Lipinski definition) is 3. The Hall–Kier alpha value is -1.84. The third-order valence-corrected chi connectivity index (χ3v) is 2.05. The smallest absolute Gasteiger partial charge is 0.146 e. The Morgan fingerprint density at radius 3 is 2.79 bits per heavy atom. The van der Waals surface area contributed by atoms with Crippen LogP contribution in [0.3, 0.4) is 0 Å². The molecule has 0 atom stereocenters. The van der Waals surface area contributed by atoms with Crippen molar-refractivity contribution in [1.82, 2.24) is 14.8 Å². The van der Waals surface area contributed by atoms with Gasteiger partial charge >= 0.3 is 0 Å². The molecule has 2 heterocycles. The topological polar surface area (TPSA) is 39.9 Å². The van der Waals surface area contributed by atoms with Gasteiger partial charge in [-0.15, -0.1) is 0 Å². The van der Waals surface area contributed by atoms with Gasteiger partial charge in [-0.2, -0.15) is 5.10 Å². The van der Waals surface area contributed by atoms with Gasteiger partial charge < -0.3 is 4.74 Å². The SMILES string of the molecule is COc1cccnc1-c1ccnn1C. The Kier molecular flexibility index (Phi) is 2.18. The zero-order chi connectivity index (χ0) is 9.97. The largest absolute Gasteiger partial charge is 0.494 e. The van der Waals surface area contributed by atoms with E-state index >= 15 is 0 Å². The minimum absolute atomic E-state index is 0.760. The fourth-order valence-corrected chi connectivity index (χ4v) is 1.35. The summed E-state index contributed by atoms with van der Waals surface area (Å²) in [6, 6.07) is 5.64. The van der Waals surface area contributed by atoms with Crippen LogP contribution in [-0.4, -0.2) is 21.9 Å². The Balaban J connectivity index is 2.56. The molecule has 4 nitrogen and oxygen atoms in total. The summed E-state index contributed by atoms with van der Waals surface area (Å²) < 4.78 is 6.99. The molecule has 0 unspecified atom stereocenters. The third-order valence-electron chi connectivity index (χ3n) is 2.05. The second-order valence-corrected chi connectivity index (χ2v) is 2.89. The van der Waals surface area contributed by atoms with Crippen molar-refractivity contribution in [1.29, 1.82) is 0 Å². The molecule has 0 spiro atoms. The first kappa shape index (κ1) is 8.74. The Bertz CT molecular complexity index is 436. The number of rotatable bonds is 2. The highest BCUT2D eigenvalue weighted by Crippen LogP contribution is 2.25. The van der Waals surface area contributed by atoms with E-state index in [4.69, 9.17) is 4.74 Å². The van der Waals surface area contributed by atoms with Gasteiger partial charge in [0.1, 0.15) is 11.4 Å². The van der Waals surface area contributed by atoms with Crippen molar-refractivity contribution in [2.24, 2.45) is 7.05 Å². The van der Waals surface area contributed by atoms with Crippen LogP contribution in [0, 0.1) is 0 Å². The number of aryl methyl sites for hydroxylation is 1. The standard InChI is InChI=1S/C10H11N3O/c1-13-8(5-7-12-13)10-9(14-2)4-3-6-11-10/h3-7H,1-2H3. The lowest BCUT2D eigenvalue weighted by atomic mass is 10.2. The van der Waals surface area contributed by atoms with Crippen LogP contribution in [0.1, 0.15) is 0 Å². The van der Waals surface area contributed by atoms with Gasteiger partial charge in [-0.3, -0.25) is 9.67 Å². The lowest BCUT2D eigenvalue weighted by molar-refractivity contribution is 0.414. The Labute approximate surface area is 82.2 Å². The van der Waals surface area contributed by atoms with Crippen LogP contribution in [0.5, 0.6) is 5.75 Å². The predicted octanol–water partition coefficient (Wildman–Crippen LogP) is 1.49.